The predicted octanol–water partition coefficient (Wildman–Crippen LogP) is 1.97. The Hall–Kier alpha value is -0.0200. The lowest BCUT2D eigenvalue weighted by molar-refractivity contribution is 0.455. The summed E-state index contributed by atoms with van der Waals surface area (Å²) in [6.45, 7) is 8.26. The fourth-order valence-electron chi connectivity index (χ4n) is 0.547. The number of hydrogen-bond donors (Lipinski definition) is 0. The molecule has 0 aliphatic carbocycles. The summed E-state index contributed by atoms with van der Waals surface area (Å²) >= 11 is -0.279. The zero-order valence-electron chi connectivity index (χ0n) is 7.34. The van der Waals surface area contributed by atoms with Crippen molar-refractivity contribution in [1.29, 1.82) is 0 Å². The van der Waals surface area contributed by atoms with Gasteiger partial charge in [0.05, 0.1) is 13.3 Å². The van der Waals surface area contributed by atoms with Gasteiger partial charge in [0.1, 0.15) is 0 Å². The molecule has 0 aliphatic heterocycles. The van der Waals surface area contributed by atoms with Crippen LogP contribution in [0, 0.1) is 0 Å². The number of rotatable bonds is 2. The SMILES string of the molecule is C/C=N/[S+](OC)C(C)(C)C. The van der Waals surface area contributed by atoms with Gasteiger partial charge in [0.25, 0.3) is 11.4 Å². The highest BCUT2D eigenvalue weighted by atomic mass is 32.2. The zero-order valence-corrected chi connectivity index (χ0v) is 8.16. The van der Waals surface area contributed by atoms with Gasteiger partial charge in [-0.3, -0.25) is 0 Å². The Bertz CT molecular complexity index is 117. The molecule has 0 bridgehead atoms. The molecular formula is C7H16NOS+. The Kier molecular flexibility index (Phi) is 3.98. The molecule has 0 radical (unpaired) electrons. The van der Waals surface area contributed by atoms with Gasteiger partial charge in [0.2, 0.25) is 0 Å². The molecule has 0 spiro atoms. The Morgan fingerprint density at radius 1 is 1.40 bits per heavy atom. The van der Waals surface area contributed by atoms with Gasteiger partial charge in [-0.05, 0) is 32.1 Å². The predicted molar refractivity (Wildman–Crippen MR) is 48.3 cm³/mol. The van der Waals surface area contributed by atoms with Gasteiger partial charge in [0, 0.05) is 0 Å². The molecule has 0 aliphatic rings. The lowest BCUT2D eigenvalue weighted by atomic mass is 10.3. The summed E-state index contributed by atoms with van der Waals surface area (Å²) in [5.74, 6) is 0. The average Bonchev–Trinajstić information content (AvgIpc) is 1.80. The Morgan fingerprint density at radius 2 is 1.90 bits per heavy atom. The lowest BCUT2D eigenvalue weighted by Gasteiger charge is -2.10. The van der Waals surface area contributed by atoms with Crippen LogP contribution in [0.5, 0.6) is 0 Å². The monoisotopic (exact) mass is 162 g/mol. The molecule has 1 unspecified atom stereocenters. The third-order valence-electron chi connectivity index (χ3n) is 0.883. The first-order valence-corrected chi connectivity index (χ1v) is 4.40. The van der Waals surface area contributed by atoms with E-state index in [4.69, 9.17) is 4.18 Å². The minimum atomic E-state index is -0.279. The van der Waals surface area contributed by atoms with Crippen LogP contribution in [0.1, 0.15) is 27.7 Å². The second kappa shape index (κ2) is 3.98. The smallest absolute Gasteiger partial charge is 0.149 e. The fourth-order valence-corrected chi connectivity index (χ4v) is 1.64. The van der Waals surface area contributed by atoms with E-state index in [0.29, 0.717) is 0 Å². The molecule has 1 atom stereocenters. The van der Waals surface area contributed by atoms with Gasteiger partial charge in [-0.15, -0.1) is 4.18 Å². The lowest BCUT2D eigenvalue weighted by Crippen LogP contribution is -2.27. The van der Waals surface area contributed by atoms with Crippen LogP contribution < -0.4 is 0 Å². The van der Waals surface area contributed by atoms with Gasteiger partial charge in [-0.1, -0.05) is 0 Å². The Labute approximate surface area is 66.4 Å². The van der Waals surface area contributed by atoms with Crippen LogP contribution in [0.15, 0.2) is 4.40 Å². The van der Waals surface area contributed by atoms with Gasteiger partial charge < -0.3 is 0 Å². The Morgan fingerprint density at radius 3 is 2.00 bits per heavy atom. The van der Waals surface area contributed by atoms with E-state index in [-0.39, 0.29) is 16.1 Å². The molecule has 0 saturated carbocycles. The highest BCUT2D eigenvalue weighted by Gasteiger charge is 2.36. The molecule has 2 nitrogen and oxygen atoms in total. The Balaban J connectivity index is 4.07. The largest absolute Gasteiger partial charge is 0.296 e. The van der Waals surface area contributed by atoms with E-state index in [2.05, 4.69) is 25.2 Å². The van der Waals surface area contributed by atoms with Crippen molar-refractivity contribution in [3.8, 4) is 0 Å². The van der Waals surface area contributed by atoms with Crippen molar-refractivity contribution >= 4 is 17.6 Å². The van der Waals surface area contributed by atoms with E-state index in [1.807, 2.05) is 6.92 Å². The second-order valence-corrected chi connectivity index (χ2v) is 5.16. The van der Waals surface area contributed by atoms with E-state index >= 15 is 0 Å². The zero-order chi connectivity index (χ0) is 8.20. The molecule has 0 rings (SSSR count). The van der Waals surface area contributed by atoms with Crippen LogP contribution in [0.25, 0.3) is 0 Å². The first-order chi connectivity index (χ1) is 4.52. The molecule has 10 heavy (non-hydrogen) atoms. The molecule has 3 heteroatoms. The quantitative estimate of drug-likeness (QED) is 0.449. The molecule has 0 aromatic carbocycles. The van der Waals surface area contributed by atoms with E-state index in [1.54, 1.807) is 13.3 Å². The maximum Gasteiger partial charge on any atom is 0.296 e. The van der Waals surface area contributed by atoms with Crippen molar-refractivity contribution in [3.63, 3.8) is 0 Å². The molecule has 0 heterocycles. The highest BCUT2D eigenvalue weighted by molar-refractivity contribution is 7.92. The summed E-state index contributed by atoms with van der Waals surface area (Å²) in [5.41, 5.74) is 0. The normalized spacial score (nSPS) is 16.1. The van der Waals surface area contributed by atoms with Gasteiger partial charge >= 0.3 is 0 Å². The minimum Gasteiger partial charge on any atom is -0.149 e. The third kappa shape index (κ3) is 3.22. The fraction of sp³-hybridized carbons (Fsp3) is 0.857. The molecule has 0 aromatic heterocycles. The second-order valence-electron chi connectivity index (χ2n) is 2.89. The summed E-state index contributed by atoms with van der Waals surface area (Å²) in [4.78, 5) is 0. The summed E-state index contributed by atoms with van der Waals surface area (Å²) in [7, 11) is 1.70. The van der Waals surface area contributed by atoms with E-state index in [9.17, 15) is 0 Å². The van der Waals surface area contributed by atoms with Crippen molar-refractivity contribution in [2.45, 2.75) is 32.4 Å². The van der Waals surface area contributed by atoms with Crippen molar-refractivity contribution in [3.05, 3.63) is 0 Å². The van der Waals surface area contributed by atoms with Crippen molar-refractivity contribution in [2.75, 3.05) is 7.11 Å². The van der Waals surface area contributed by atoms with E-state index in [1.165, 1.54) is 0 Å². The van der Waals surface area contributed by atoms with Crippen molar-refractivity contribution in [1.82, 2.24) is 0 Å². The maximum atomic E-state index is 5.18. The van der Waals surface area contributed by atoms with Crippen LogP contribution in [0.4, 0.5) is 0 Å². The summed E-state index contributed by atoms with van der Waals surface area (Å²) in [6, 6.07) is 0. The molecule has 0 amide bonds. The summed E-state index contributed by atoms with van der Waals surface area (Å²) in [6.07, 6.45) is 1.79. The first-order valence-electron chi connectivity index (χ1n) is 3.30. The average molecular weight is 162 g/mol. The van der Waals surface area contributed by atoms with Crippen LogP contribution in [0.3, 0.4) is 0 Å². The highest BCUT2D eigenvalue weighted by Crippen LogP contribution is 2.19. The number of hydrogen-bond acceptors (Lipinski definition) is 2. The van der Waals surface area contributed by atoms with Crippen LogP contribution in [0.2, 0.25) is 0 Å². The van der Waals surface area contributed by atoms with Gasteiger partial charge in [0.15, 0.2) is 4.75 Å². The van der Waals surface area contributed by atoms with Crippen LogP contribution in [-0.4, -0.2) is 18.1 Å². The van der Waals surface area contributed by atoms with Crippen LogP contribution in [-0.2, 0) is 15.5 Å². The molecular weight excluding hydrogens is 146 g/mol. The summed E-state index contributed by atoms with van der Waals surface area (Å²) in [5, 5.41) is 0. The molecule has 0 saturated heterocycles. The standard InChI is InChI=1S/C7H16NOS/c1-6-8-10(9-5)7(2,3)4/h6H,1-5H3/q+1/b8-6+. The van der Waals surface area contributed by atoms with Gasteiger partial charge in [-0.25, -0.2) is 0 Å². The van der Waals surface area contributed by atoms with Crippen molar-refractivity contribution < 1.29 is 4.18 Å². The molecule has 0 fully saturated rings. The topological polar surface area (TPSA) is 21.6 Å². The van der Waals surface area contributed by atoms with E-state index < -0.39 is 0 Å². The maximum absolute atomic E-state index is 5.18. The molecule has 0 N–H and O–H groups in total. The van der Waals surface area contributed by atoms with Gasteiger partial charge in [-0.2, -0.15) is 0 Å². The summed E-state index contributed by atoms with van der Waals surface area (Å²) < 4.78 is 9.51. The minimum absolute atomic E-state index is 0.126. The number of nitrogens with zero attached hydrogens (tertiary/aromatic N) is 1. The van der Waals surface area contributed by atoms with Crippen LogP contribution >= 0.6 is 0 Å². The van der Waals surface area contributed by atoms with Crippen molar-refractivity contribution in [2.24, 2.45) is 4.40 Å². The molecule has 60 valence electrons. The third-order valence-corrected chi connectivity index (χ3v) is 2.65. The molecule has 0 aromatic rings. The van der Waals surface area contributed by atoms with E-state index in [0.717, 1.165) is 0 Å². The first kappa shape index (κ1) is 9.98.